The highest BCUT2D eigenvalue weighted by molar-refractivity contribution is 5.93. The van der Waals surface area contributed by atoms with Crippen LogP contribution < -0.4 is 10.6 Å². The van der Waals surface area contributed by atoms with E-state index in [1.807, 2.05) is 12.1 Å². The minimum Gasteiger partial charge on any atom is -0.328 e. The van der Waals surface area contributed by atoms with Crippen molar-refractivity contribution in [3.05, 3.63) is 29.8 Å². The van der Waals surface area contributed by atoms with Gasteiger partial charge in [-0.2, -0.15) is 0 Å². The van der Waals surface area contributed by atoms with Crippen LogP contribution in [0.1, 0.15) is 57.9 Å². The molecule has 0 bridgehead atoms. The van der Waals surface area contributed by atoms with Crippen molar-refractivity contribution in [3.8, 4) is 0 Å². The van der Waals surface area contributed by atoms with Crippen molar-refractivity contribution in [2.75, 3.05) is 5.32 Å². The van der Waals surface area contributed by atoms with Crippen LogP contribution in [0, 0.1) is 0 Å². The first-order chi connectivity index (χ1) is 9.22. The van der Waals surface area contributed by atoms with Crippen LogP contribution in [0.4, 0.5) is 10.5 Å². The summed E-state index contributed by atoms with van der Waals surface area (Å²) < 4.78 is 0. The number of carbonyl (C=O) groups is 1. The van der Waals surface area contributed by atoms with Crippen molar-refractivity contribution in [2.45, 2.75) is 57.9 Å². The summed E-state index contributed by atoms with van der Waals surface area (Å²) in [7, 11) is 0. The first kappa shape index (κ1) is 13.9. The van der Waals surface area contributed by atoms with Crippen LogP contribution in [-0.4, -0.2) is 6.03 Å². The van der Waals surface area contributed by atoms with E-state index in [1.165, 1.54) is 5.56 Å². The number of benzene rings is 1. The lowest BCUT2D eigenvalue weighted by Crippen LogP contribution is -2.51. The van der Waals surface area contributed by atoms with Crippen LogP contribution in [0.15, 0.2) is 24.3 Å². The normalized spacial score (nSPS) is 16.4. The molecule has 0 saturated heterocycles. The van der Waals surface area contributed by atoms with Crippen LogP contribution in [-0.2, 0) is 5.54 Å². The summed E-state index contributed by atoms with van der Waals surface area (Å²) in [5.41, 5.74) is 2.04. The van der Waals surface area contributed by atoms with Gasteiger partial charge in [0.1, 0.15) is 0 Å². The number of fused-ring (bicyclic) bond motifs is 1. The Hall–Kier alpha value is -1.51. The monoisotopic (exact) mass is 260 g/mol. The number of anilines is 1. The van der Waals surface area contributed by atoms with Gasteiger partial charge < -0.3 is 10.6 Å². The Bertz CT molecular complexity index is 434. The van der Waals surface area contributed by atoms with Crippen molar-refractivity contribution in [1.82, 2.24) is 5.32 Å². The van der Waals surface area contributed by atoms with Gasteiger partial charge in [-0.15, -0.1) is 0 Å². The molecule has 19 heavy (non-hydrogen) atoms. The summed E-state index contributed by atoms with van der Waals surface area (Å²) in [6.07, 6.45) is 6.62. The van der Waals surface area contributed by atoms with Gasteiger partial charge in [-0.05, 0) is 18.9 Å². The molecule has 0 radical (unpaired) electrons. The standard InChI is InChI=1S/C16H24N2O/c1-3-5-11-16(12-6-4-2)13-9-7-8-10-14(13)17-15(19)18-16/h7-10H,3-6,11-12H2,1-2H3,(H2,17,18,19). The van der Waals surface area contributed by atoms with Crippen LogP contribution in [0.3, 0.4) is 0 Å². The Morgan fingerprint density at radius 2 is 1.68 bits per heavy atom. The van der Waals surface area contributed by atoms with Gasteiger partial charge >= 0.3 is 6.03 Å². The van der Waals surface area contributed by atoms with Crippen molar-refractivity contribution >= 4 is 11.7 Å². The molecule has 2 rings (SSSR count). The van der Waals surface area contributed by atoms with Crippen LogP contribution in [0.5, 0.6) is 0 Å². The molecule has 3 nitrogen and oxygen atoms in total. The number of carbonyl (C=O) groups excluding carboxylic acids is 1. The average molecular weight is 260 g/mol. The fraction of sp³-hybridized carbons (Fsp3) is 0.562. The summed E-state index contributed by atoms with van der Waals surface area (Å²) in [5.74, 6) is 0. The molecule has 0 fully saturated rings. The second-order valence-corrected chi connectivity index (χ2v) is 5.41. The third kappa shape index (κ3) is 2.91. The summed E-state index contributed by atoms with van der Waals surface area (Å²) >= 11 is 0. The zero-order valence-corrected chi connectivity index (χ0v) is 12.0. The SMILES string of the molecule is CCCCC1(CCCC)NC(=O)Nc2ccccc21. The first-order valence-corrected chi connectivity index (χ1v) is 7.40. The van der Waals surface area contributed by atoms with Crippen molar-refractivity contribution in [3.63, 3.8) is 0 Å². The van der Waals surface area contributed by atoms with Gasteiger partial charge in [0.25, 0.3) is 0 Å². The number of hydrogen-bond donors (Lipinski definition) is 2. The van der Waals surface area contributed by atoms with Crippen LogP contribution >= 0.6 is 0 Å². The second-order valence-electron chi connectivity index (χ2n) is 5.41. The second kappa shape index (κ2) is 6.09. The number of amides is 2. The molecule has 0 saturated carbocycles. The lowest BCUT2D eigenvalue weighted by molar-refractivity contribution is 0.221. The van der Waals surface area contributed by atoms with Gasteiger partial charge in [-0.3, -0.25) is 0 Å². The molecule has 0 spiro atoms. The number of urea groups is 1. The van der Waals surface area contributed by atoms with Gasteiger partial charge in [0.15, 0.2) is 0 Å². The molecule has 0 unspecified atom stereocenters. The van der Waals surface area contributed by atoms with E-state index in [-0.39, 0.29) is 11.6 Å². The molecule has 1 aliphatic heterocycles. The predicted molar refractivity (Wildman–Crippen MR) is 79.3 cm³/mol. The molecule has 0 aliphatic carbocycles. The largest absolute Gasteiger partial charge is 0.328 e. The molecule has 104 valence electrons. The Labute approximate surface area is 115 Å². The quantitative estimate of drug-likeness (QED) is 0.782. The summed E-state index contributed by atoms with van der Waals surface area (Å²) in [6.45, 7) is 4.39. The minimum absolute atomic E-state index is 0.0640. The summed E-state index contributed by atoms with van der Waals surface area (Å²) in [5, 5.41) is 6.12. The highest BCUT2D eigenvalue weighted by Crippen LogP contribution is 2.39. The maximum Gasteiger partial charge on any atom is 0.319 e. The molecule has 0 atom stereocenters. The fourth-order valence-corrected chi connectivity index (χ4v) is 2.92. The number of para-hydroxylation sites is 1. The Kier molecular flexibility index (Phi) is 4.46. The lowest BCUT2D eigenvalue weighted by Gasteiger charge is -2.40. The van der Waals surface area contributed by atoms with Crippen molar-refractivity contribution in [2.24, 2.45) is 0 Å². The Morgan fingerprint density at radius 1 is 1.05 bits per heavy atom. The number of nitrogens with one attached hydrogen (secondary N) is 2. The van der Waals surface area contributed by atoms with E-state index in [4.69, 9.17) is 0 Å². The maximum absolute atomic E-state index is 11.9. The zero-order chi connectivity index (χ0) is 13.7. The van der Waals surface area contributed by atoms with Gasteiger partial charge in [-0.25, -0.2) is 4.79 Å². The molecule has 2 amide bonds. The van der Waals surface area contributed by atoms with E-state index >= 15 is 0 Å². The molecule has 1 aromatic carbocycles. The smallest absolute Gasteiger partial charge is 0.319 e. The number of rotatable bonds is 6. The van der Waals surface area contributed by atoms with E-state index in [1.54, 1.807) is 0 Å². The topological polar surface area (TPSA) is 41.1 Å². The van der Waals surface area contributed by atoms with Crippen LogP contribution in [0.2, 0.25) is 0 Å². The van der Waals surface area contributed by atoms with Gasteiger partial charge in [-0.1, -0.05) is 57.7 Å². The van der Waals surface area contributed by atoms with Crippen molar-refractivity contribution in [1.29, 1.82) is 0 Å². The van der Waals surface area contributed by atoms with Gasteiger partial charge in [0.2, 0.25) is 0 Å². The minimum atomic E-state index is -0.176. The third-order valence-corrected chi connectivity index (χ3v) is 3.96. The molecular weight excluding hydrogens is 236 g/mol. The Morgan fingerprint density at radius 3 is 2.32 bits per heavy atom. The van der Waals surface area contributed by atoms with Crippen molar-refractivity contribution < 1.29 is 4.79 Å². The third-order valence-electron chi connectivity index (χ3n) is 3.96. The molecule has 2 N–H and O–H groups in total. The van der Waals surface area contributed by atoms with Gasteiger partial charge in [0, 0.05) is 11.3 Å². The van der Waals surface area contributed by atoms with Crippen LogP contribution in [0.25, 0.3) is 0 Å². The summed E-state index contributed by atoms with van der Waals surface area (Å²) in [4.78, 5) is 11.9. The van der Waals surface area contributed by atoms with E-state index in [0.29, 0.717) is 0 Å². The Balaban J connectivity index is 2.37. The molecule has 1 heterocycles. The van der Waals surface area contributed by atoms with E-state index < -0.39 is 0 Å². The fourth-order valence-electron chi connectivity index (χ4n) is 2.92. The van der Waals surface area contributed by atoms with E-state index in [0.717, 1.165) is 44.2 Å². The maximum atomic E-state index is 11.9. The number of unbranched alkanes of at least 4 members (excludes halogenated alkanes) is 2. The predicted octanol–water partition coefficient (Wildman–Crippen LogP) is 4.40. The lowest BCUT2D eigenvalue weighted by atomic mass is 9.79. The van der Waals surface area contributed by atoms with E-state index in [9.17, 15) is 4.79 Å². The highest BCUT2D eigenvalue weighted by Gasteiger charge is 2.37. The molecule has 1 aromatic rings. The van der Waals surface area contributed by atoms with E-state index in [2.05, 4.69) is 36.6 Å². The molecule has 3 heteroatoms. The molecule has 1 aliphatic rings. The summed E-state index contributed by atoms with van der Waals surface area (Å²) in [6, 6.07) is 8.12. The average Bonchev–Trinajstić information content (AvgIpc) is 2.42. The zero-order valence-electron chi connectivity index (χ0n) is 12.0. The highest BCUT2D eigenvalue weighted by atomic mass is 16.2. The van der Waals surface area contributed by atoms with Gasteiger partial charge in [0.05, 0.1) is 5.54 Å². The molecule has 0 aromatic heterocycles. The molecular formula is C16H24N2O. The number of hydrogen-bond acceptors (Lipinski definition) is 1. The first-order valence-electron chi connectivity index (χ1n) is 7.40.